The number of nitrogens with two attached hydrogens (primary N) is 1. The molecule has 3 nitrogen and oxygen atoms in total. The number of hydrogen-bond donors (Lipinski definition) is 1. The van der Waals surface area contributed by atoms with Crippen molar-refractivity contribution in [1.82, 2.24) is 4.98 Å². The molecule has 1 aromatic heterocycles. The Bertz CT molecular complexity index is 602. The van der Waals surface area contributed by atoms with Gasteiger partial charge >= 0.3 is 0 Å². The van der Waals surface area contributed by atoms with E-state index >= 15 is 0 Å². The highest BCUT2D eigenvalue weighted by molar-refractivity contribution is 9.10. The number of thiazole rings is 1. The van der Waals surface area contributed by atoms with E-state index in [2.05, 4.69) is 36.7 Å². The summed E-state index contributed by atoms with van der Waals surface area (Å²) in [7, 11) is 1.65. The fourth-order valence-corrected chi connectivity index (χ4v) is 3.00. The minimum absolute atomic E-state index is 0.00236. The zero-order chi connectivity index (χ0) is 14.2. The number of rotatable bonds is 2. The molecular formula is C14H17BrN2OS. The first-order chi connectivity index (χ1) is 8.82. The summed E-state index contributed by atoms with van der Waals surface area (Å²) in [6.07, 6.45) is 0. The lowest BCUT2D eigenvalue weighted by Crippen LogP contribution is -2.10. The summed E-state index contributed by atoms with van der Waals surface area (Å²) in [6, 6.07) is 5.80. The van der Waals surface area contributed by atoms with Gasteiger partial charge < -0.3 is 10.5 Å². The summed E-state index contributed by atoms with van der Waals surface area (Å²) in [6.45, 7) is 6.40. The van der Waals surface area contributed by atoms with E-state index in [1.54, 1.807) is 18.4 Å². The largest absolute Gasteiger partial charge is 0.497 e. The molecule has 0 spiro atoms. The van der Waals surface area contributed by atoms with Crippen LogP contribution in [0.2, 0.25) is 0 Å². The van der Waals surface area contributed by atoms with E-state index in [0.717, 1.165) is 31.5 Å². The second-order valence-corrected chi connectivity index (χ2v) is 7.21. The van der Waals surface area contributed by atoms with Crippen LogP contribution in [0.5, 0.6) is 5.75 Å². The van der Waals surface area contributed by atoms with Crippen LogP contribution in [0.15, 0.2) is 22.7 Å². The van der Waals surface area contributed by atoms with Crippen molar-refractivity contribution in [3.8, 4) is 17.0 Å². The van der Waals surface area contributed by atoms with Gasteiger partial charge in [-0.1, -0.05) is 36.7 Å². The van der Waals surface area contributed by atoms with Gasteiger partial charge in [-0.2, -0.15) is 0 Å². The third kappa shape index (κ3) is 2.92. The number of methoxy groups -OCH3 is 1. The van der Waals surface area contributed by atoms with Crippen LogP contribution in [0.25, 0.3) is 11.3 Å². The molecule has 0 fully saturated rings. The van der Waals surface area contributed by atoms with E-state index in [0.29, 0.717) is 0 Å². The third-order valence-electron chi connectivity index (χ3n) is 2.72. The zero-order valence-electron chi connectivity index (χ0n) is 11.5. The molecule has 0 aliphatic heterocycles. The molecular weight excluding hydrogens is 324 g/mol. The molecule has 0 aliphatic carbocycles. The summed E-state index contributed by atoms with van der Waals surface area (Å²) in [5.74, 6) is 0.794. The van der Waals surface area contributed by atoms with Gasteiger partial charge in [0.25, 0.3) is 0 Å². The van der Waals surface area contributed by atoms with Crippen LogP contribution >= 0.6 is 27.3 Å². The van der Waals surface area contributed by atoms with E-state index in [-0.39, 0.29) is 5.41 Å². The normalized spacial score (nSPS) is 11.6. The van der Waals surface area contributed by atoms with Crippen LogP contribution < -0.4 is 10.5 Å². The summed E-state index contributed by atoms with van der Waals surface area (Å²) in [5.41, 5.74) is 7.91. The first-order valence-electron chi connectivity index (χ1n) is 5.93. The lowest BCUT2D eigenvalue weighted by atomic mass is 9.98. The molecule has 1 heterocycles. The molecule has 0 bridgehead atoms. The predicted octanol–water partition coefficient (Wildman–Crippen LogP) is 4.46. The lowest BCUT2D eigenvalue weighted by molar-refractivity contribution is 0.415. The molecule has 0 aliphatic rings. The number of ether oxygens (including phenoxy) is 1. The molecule has 102 valence electrons. The van der Waals surface area contributed by atoms with Crippen molar-refractivity contribution < 1.29 is 4.74 Å². The van der Waals surface area contributed by atoms with Crippen LogP contribution in [0.1, 0.15) is 25.8 Å². The number of anilines is 1. The summed E-state index contributed by atoms with van der Waals surface area (Å²) in [4.78, 5) is 4.70. The molecule has 0 atom stereocenters. The highest BCUT2D eigenvalue weighted by atomic mass is 79.9. The molecule has 2 aromatic rings. The molecule has 19 heavy (non-hydrogen) atoms. The van der Waals surface area contributed by atoms with Crippen molar-refractivity contribution in [2.75, 3.05) is 12.8 Å². The standard InChI is InChI=1S/C14H17BrN2OS/c1-14(2,3)13-17-11(12(16)19-13)9-7-8(18-4)5-6-10(9)15/h5-7H,16H2,1-4H3. The Labute approximate surface area is 125 Å². The van der Waals surface area contributed by atoms with Gasteiger partial charge in [0.2, 0.25) is 0 Å². The highest BCUT2D eigenvalue weighted by Gasteiger charge is 2.22. The molecule has 2 N–H and O–H groups in total. The number of nitrogens with zero attached hydrogens (tertiary/aromatic N) is 1. The molecule has 0 radical (unpaired) electrons. The van der Waals surface area contributed by atoms with Gasteiger partial charge in [0.1, 0.15) is 21.5 Å². The average Bonchev–Trinajstić information content (AvgIpc) is 2.72. The topological polar surface area (TPSA) is 48.1 Å². The smallest absolute Gasteiger partial charge is 0.119 e. The molecule has 0 saturated heterocycles. The van der Waals surface area contributed by atoms with Crippen molar-refractivity contribution >= 4 is 32.3 Å². The van der Waals surface area contributed by atoms with E-state index in [9.17, 15) is 0 Å². The van der Waals surface area contributed by atoms with E-state index in [4.69, 9.17) is 15.5 Å². The Morgan fingerprint density at radius 2 is 2.00 bits per heavy atom. The number of benzene rings is 1. The van der Waals surface area contributed by atoms with Crippen LogP contribution in [-0.2, 0) is 5.41 Å². The van der Waals surface area contributed by atoms with Gasteiger partial charge in [0.15, 0.2) is 0 Å². The SMILES string of the molecule is COc1ccc(Br)c(-c2nc(C(C)(C)C)sc2N)c1. The van der Waals surface area contributed by atoms with Crippen LogP contribution in [0, 0.1) is 0 Å². The zero-order valence-corrected chi connectivity index (χ0v) is 13.9. The Morgan fingerprint density at radius 3 is 2.53 bits per heavy atom. The van der Waals surface area contributed by atoms with Crippen molar-refractivity contribution in [1.29, 1.82) is 0 Å². The number of hydrogen-bond acceptors (Lipinski definition) is 4. The highest BCUT2D eigenvalue weighted by Crippen LogP contribution is 2.40. The van der Waals surface area contributed by atoms with Gasteiger partial charge in [-0.05, 0) is 18.2 Å². The Kier molecular flexibility index (Phi) is 3.87. The minimum Gasteiger partial charge on any atom is -0.497 e. The van der Waals surface area contributed by atoms with Gasteiger partial charge in [0, 0.05) is 15.5 Å². The maximum absolute atomic E-state index is 6.12. The fraction of sp³-hybridized carbons (Fsp3) is 0.357. The summed E-state index contributed by atoms with van der Waals surface area (Å²) < 4.78 is 6.22. The third-order valence-corrected chi connectivity index (χ3v) is 4.73. The van der Waals surface area contributed by atoms with Crippen molar-refractivity contribution in [3.05, 3.63) is 27.7 Å². The maximum Gasteiger partial charge on any atom is 0.119 e. The monoisotopic (exact) mass is 340 g/mol. The van der Waals surface area contributed by atoms with E-state index in [1.807, 2.05) is 18.2 Å². The van der Waals surface area contributed by atoms with Crippen molar-refractivity contribution in [3.63, 3.8) is 0 Å². The second kappa shape index (κ2) is 5.13. The minimum atomic E-state index is 0.00236. The molecule has 0 amide bonds. The van der Waals surface area contributed by atoms with Gasteiger partial charge in [-0.15, -0.1) is 11.3 Å². The predicted molar refractivity (Wildman–Crippen MR) is 84.9 cm³/mol. The number of halogens is 1. The molecule has 2 rings (SSSR count). The van der Waals surface area contributed by atoms with E-state index in [1.165, 1.54) is 0 Å². The van der Waals surface area contributed by atoms with Gasteiger partial charge in [-0.3, -0.25) is 0 Å². The Morgan fingerprint density at radius 1 is 1.32 bits per heavy atom. The number of nitrogen functional groups attached to an aromatic ring is 1. The van der Waals surface area contributed by atoms with Crippen molar-refractivity contribution in [2.45, 2.75) is 26.2 Å². The molecule has 1 aromatic carbocycles. The fourth-order valence-electron chi connectivity index (χ4n) is 1.66. The Hall–Kier alpha value is -1.07. The summed E-state index contributed by atoms with van der Waals surface area (Å²) >= 11 is 5.09. The lowest BCUT2D eigenvalue weighted by Gasteiger charge is -2.13. The first-order valence-corrected chi connectivity index (χ1v) is 7.54. The Balaban J connectivity index is 2.56. The molecule has 0 saturated carbocycles. The first kappa shape index (κ1) is 14.3. The van der Waals surface area contributed by atoms with Crippen LogP contribution in [-0.4, -0.2) is 12.1 Å². The quantitative estimate of drug-likeness (QED) is 0.877. The van der Waals surface area contributed by atoms with E-state index < -0.39 is 0 Å². The van der Waals surface area contributed by atoms with Crippen LogP contribution in [0.3, 0.4) is 0 Å². The molecule has 0 unspecified atom stereocenters. The number of aromatic nitrogens is 1. The summed E-state index contributed by atoms with van der Waals surface area (Å²) in [5, 5.41) is 1.77. The van der Waals surface area contributed by atoms with Gasteiger partial charge in [0.05, 0.1) is 7.11 Å². The molecule has 5 heteroatoms. The van der Waals surface area contributed by atoms with Crippen molar-refractivity contribution in [2.24, 2.45) is 0 Å². The average molecular weight is 341 g/mol. The maximum atomic E-state index is 6.12. The van der Waals surface area contributed by atoms with Gasteiger partial charge in [-0.25, -0.2) is 4.98 Å². The second-order valence-electron chi connectivity index (χ2n) is 5.33. The van der Waals surface area contributed by atoms with Crippen LogP contribution in [0.4, 0.5) is 5.00 Å².